The molecule has 0 amide bonds. The molecule has 0 aliphatic heterocycles. The molecule has 9 heteroatoms. The van der Waals surface area contributed by atoms with Crippen LogP contribution in [0.4, 0.5) is 25.2 Å². The first-order valence-corrected chi connectivity index (χ1v) is 10.8. The van der Waals surface area contributed by atoms with Crippen LogP contribution < -0.4 is 0 Å². The molecule has 0 N–H and O–H groups in total. The Balaban J connectivity index is 0.000000553. The Morgan fingerprint density at radius 3 is 1.53 bits per heavy atom. The zero-order valence-corrected chi connectivity index (χ0v) is 18.0. The molecule has 0 radical (unpaired) electrons. The summed E-state index contributed by atoms with van der Waals surface area (Å²) < 4.78 is 61.2. The summed E-state index contributed by atoms with van der Waals surface area (Å²) in [4.78, 5) is 2.15. The third kappa shape index (κ3) is 12.8. The van der Waals surface area contributed by atoms with Crippen LogP contribution in [0.3, 0.4) is 0 Å². The molecule has 2 rings (SSSR count). The number of halogens is 6. The second-order valence-electron chi connectivity index (χ2n) is 6.85. The summed E-state index contributed by atoms with van der Waals surface area (Å²) in [6.45, 7) is 0. The van der Waals surface area contributed by atoms with Crippen LogP contribution in [0.5, 0.6) is 0 Å². The first kappa shape index (κ1) is 25.4. The second-order valence-corrected chi connectivity index (χ2v) is 8.77. The number of benzene rings is 2. The van der Waals surface area contributed by atoms with Crippen molar-refractivity contribution >= 4 is 25.3 Å². The fourth-order valence-corrected chi connectivity index (χ4v) is 2.31. The molecule has 0 heterocycles. The Morgan fingerprint density at radius 2 is 1.17 bits per heavy atom. The standard InChI is InChI=1S/C21H25N2.F6P/c1-22(2)16-15-20(18-11-7-5-8-12-18)17-21(23(3)4)19-13-9-6-10-14-19;1-7(2,3,4,5)6/h5-17H,1-4H3;/q+1;-1. The Hall–Kier alpha value is -2.60. The molecule has 0 bridgehead atoms. The number of allylic oxidation sites excluding steroid dienone is 3. The van der Waals surface area contributed by atoms with Crippen LogP contribution in [0.2, 0.25) is 0 Å². The van der Waals surface area contributed by atoms with Crippen molar-refractivity contribution in [3.8, 4) is 0 Å². The first-order valence-electron chi connectivity index (χ1n) is 8.81. The average Bonchev–Trinajstić information content (AvgIpc) is 2.60. The molecular weight excluding hydrogens is 425 g/mol. The molecule has 0 spiro atoms. The van der Waals surface area contributed by atoms with Gasteiger partial charge in [-0.2, -0.15) is 0 Å². The van der Waals surface area contributed by atoms with Crippen LogP contribution in [0, 0.1) is 0 Å². The van der Waals surface area contributed by atoms with Gasteiger partial charge in [0.1, 0.15) is 14.1 Å². The zero-order valence-electron chi connectivity index (χ0n) is 17.1. The van der Waals surface area contributed by atoms with Crippen molar-refractivity contribution in [2.24, 2.45) is 0 Å². The van der Waals surface area contributed by atoms with Crippen molar-refractivity contribution < 1.29 is 29.8 Å². The summed E-state index contributed by atoms with van der Waals surface area (Å²) in [6, 6.07) is 21.0. The van der Waals surface area contributed by atoms with Gasteiger partial charge in [0.15, 0.2) is 6.21 Å². The molecule has 2 nitrogen and oxygen atoms in total. The van der Waals surface area contributed by atoms with Gasteiger partial charge < -0.3 is 4.90 Å². The van der Waals surface area contributed by atoms with Gasteiger partial charge in [0, 0.05) is 25.9 Å². The molecule has 0 aliphatic carbocycles. The average molecular weight is 450 g/mol. The Kier molecular flexibility index (Phi) is 7.67. The Morgan fingerprint density at radius 1 is 0.767 bits per heavy atom. The molecule has 0 unspecified atom stereocenters. The quantitative estimate of drug-likeness (QED) is 0.151. The van der Waals surface area contributed by atoms with Gasteiger partial charge >= 0.3 is 33.0 Å². The Bertz CT molecular complexity index is 901. The van der Waals surface area contributed by atoms with Crippen LogP contribution in [-0.2, 0) is 0 Å². The van der Waals surface area contributed by atoms with E-state index in [1.807, 2.05) is 26.2 Å². The van der Waals surface area contributed by atoms with E-state index in [4.69, 9.17) is 0 Å². The van der Waals surface area contributed by atoms with Crippen LogP contribution in [0.15, 0.2) is 72.8 Å². The predicted molar refractivity (Wildman–Crippen MR) is 114 cm³/mol. The maximum atomic E-state index is 9.87. The van der Waals surface area contributed by atoms with Gasteiger partial charge in [-0.25, -0.2) is 4.58 Å². The first-order chi connectivity index (χ1) is 13.5. The summed E-state index contributed by atoms with van der Waals surface area (Å²) >= 11 is 0. The molecule has 166 valence electrons. The van der Waals surface area contributed by atoms with E-state index in [1.54, 1.807) is 0 Å². The number of hydrogen-bond acceptors (Lipinski definition) is 1. The van der Waals surface area contributed by atoms with Gasteiger partial charge in [-0.05, 0) is 22.8 Å². The van der Waals surface area contributed by atoms with E-state index in [1.165, 1.54) is 22.4 Å². The molecule has 0 aliphatic rings. The third-order valence-corrected chi connectivity index (χ3v) is 3.50. The van der Waals surface area contributed by atoms with Crippen molar-refractivity contribution in [2.45, 2.75) is 0 Å². The fourth-order valence-electron chi connectivity index (χ4n) is 2.31. The van der Waals surface area contributed by atoms with Crippen molar-refractivity contribution in [3.63, 3.8) is 0 Å². The predicted octanol–water partition coefficient (Wildman–Crippen LogP) is 7.40. The molecule has 0 aromatic heterocycles. The summed E-state index contributed by atoms with van der Waals surface area (Å²) in [5, 5.41) is 0. The minimum absolute atomic E-state index is 1.19. The fraction of sp³-hybridized carbons (Fsp3) is 0.190. The van der Waals surface area contributed by atoms with E-state index in [9.17, 15) is 25.2 Å². The molecule has 0 saturated heterocycles. The number of nitrogens with zero attached hydrogens (tertiary/aromatic N) is 2. The molecule has 0 fully saturated rings. The third-order valence-electron chi connectivity index (χ3n) is 3.50. The van der Waals surface area contributed by atoms with Crippen LogP contribution in [-0.4, -0.2) is 43.9 Å². The SMILES string of the molecule is CN(C)/C(=C/C(=C/C=[N+](C)C)c1ccccc1)c1ccccc1.F[P-](F)(F)(F)(F)F. The summed E-state index contributed by atoms with van der Waals surface area (Å²) in [7, 11) is -2.43. The van der Waals surface area contributed by atoms with Gasteiger partial charge in [-0.3, -0.25) is 0 Å². The van der Waals surface area contributed by atoms with Gasteiger partial charge in [-0.15, -0.1) is 0 Å². The molecule has 2 aromatic carbocycles. The molecule has 0 saturated carbocycles. The molecular formula is C21H25F6N2P. The molecule has 30 heavy (non-hydrogen) atoms. The Labute approximate surface area is 172 Å². The van der Waals surface area contributed by atoms with Gasteiger partial charge in [0.25, 0.3) is 0 Å². The monoisotopic (exact) mass is 450 g/mol. The van der Waals surface area contributed by atoms with E-state index in [2.05, 4.69) is 90.5 Å². The van der Waals surface area contributed by atoms with E-state index < -0.39 is 7.81 Å². The van der Waals surface area contributed by atoms with Crippen LogP contribution in [0.1, 0.15) is 11.1 Å². The summed E-state index contributed by atoms with van der Waals surface area (Å²) in [5.41, 5.74) is 4.80. The summed E-state index contributed by atoms with van der Waals surface area (Å²) in [5.74, 6) is 0. The van der Waals surface area contributed by atoms with Gasteiger partial charge in [0.2, 0.25) is 0 Å². The normalized spacial score (nSPS) is 14.6. The van der Waals surface area contributed by atoms with Crippen molar-refractivity contribution in [2.75, 3.05) is 28.2 Å². The maximum absolute atomic E-state index is 10.7. The van der Waals surface area contributed by atoms with Crippen LogP contribution >= 0.6 is 7.81 Å². The summed E-state index contributed by atoms with van der Waals surface area (Å²) in [6.07, 6.45) is 6.48. The number of hydrogen-bond donors (Lipinski definition) is 0. The van der Waals surface area contributed by atoms with Crippen molar-refractivity contribution in [3.05, 3.63) is 83.9 Å². The molecule has 2 aromatic rings. The van der Waals surface area contributed by atoms with E-state index in [-0.39, 0.29) is 0 Å². The van der Waals surface area contributed by atoms with E-state index in [0.29, 0.717) is 0 Å². The molecule has 0 atom stereocenters. The van der Waals surface area contributed by atoms with E-state index >= 15 is 0 Å². The van der Waals surface area contributed by atoms with E-state index in [0.717, 1.165) is 0 Å². The van der Waals surface area contributed by atoms with Crippen LogP contribution in [0.25, 0.3) is 11.3 Å². The zero-order chi connectivity index (χ0) is 23.1. The second kappa shape index (κ2) is 9.04. The van der Waals surface area contributed by atoms with Gasteiger partial charge in [0.05, 0.1) is 0 Å². The number of rotatable bonds is 5. The topological polar surface area (TPSA) is 6.25 Å². The van der Waals surface area contributed by atoms with Gasteiger partial charge in [-0.1, -0.05) is 60.7 Å². The van der Waals surface area contributed by atoms with Crippen molar-refractivity contribution in [1.29, 1.82) is 0 Å². The van der Waals surface area contributed by atoms with Crippen molar-refractivity contribution in [1.82, 2.24) is 4.90 Å². The minimum atomic E-state index is -10.7.